The van der Waals surface area contributed by atoms with Gasteiger partial charge in [-0.05, 0) is 80.6 Å². The minimum atomic E-state index is -0.396. The molecule has 0 saturated heterocycles. The monoisotopic (exact) mass is 374 g/mol. The number of carbonyl (C=O) groups is 2. The largest absolute Gasteiger partial charge is 0.469 e. The molecule has 0 aliphatic heterocycles. The van der Waals surface area contributed by atoms with Crippen molar-refractivity contribution in [3.63, 3.8) is 0 Å². The highest BCUT2D eigenvalue weighted by molar-refractivity contribution is 5.77. The first-order chi connectivity index (χ1) is 12.7. The van der Waals surface area contributed by atoms with Crippen LogP contribution < -0.4 is 0 Å². The van der Waals surface area contributed by atoms with E-state index in [0.717, 1.165) is 56.9 Å². The third-order valence-electron chi connectivity index (χ3n) is 9.11. The number of rotatable bonds is 2. The van der Waals surface area contributed by atoms with Gasteiger partial charge in [0.1, 0.15) is 6.10 Å². The van der Waals surface area contributed by atoms with Gasteiger partial charge in [-0.1, -0.05) is 19.9 Å². The summed E-state index contributed by atoms with van der Waals surface area (Å²) in [6.07, 6.45) is 8.43. The maximum absolute atomic E-state index is 12.8. The molecule has 4 heteroatoms. The molecule has 27 heavy (non-hydrogen) atoms. The second kappa shape index (κ2) is 6.09. The zero-order chi connectivity index (χ0) is 19.6. The summed E-state index contributed by atoms with van der Waals surface area (Å²) in [5.74, 6) is 1.06. The average molecular weight is 375 g/mol. The Morgan fingerprint density at radius 2 is 1.81 bits per heavy atom. The Hall–Kier alpha value is -1.32. The van der Waals surface area contributed by atoms with Gasteiger partial charge < -0.3 is 9.47 Å². The molecule has 4 nitrogen and oxygen atoms in total. The van der Waals surface area contributed by atoms with E-state index in [-0.39, 0.29) is 28.9 Å². The molecule has 0 aromatic carbocycles. The molecule has 0 heterocycles. The molecule has 150 valence electrons. The van der Waals surface area contributed by atoms with Gasteiger partial charge in [-0.2, -0.15) is 0 Å². The van der Waals surface area contributed by atoms with Crippen LogP contribution in [0.1, 0.15) is 72.1 Å². The predicted molar refractivity (Wildman–Crippen MR) is 103 cm³/mol. The normalized spacial score (nSPS) is 48.4. The van der Waals surface area contributed by atoms with E-state index in [9.17, 15) is 9.59 Å². The molecular weight excluding hydrogens is 340 g/mol. The fourth-order valence-electron chi connectivity index (χ4n) is 8.17. The van der Waals surface area contributed by atoms with Gasteiger partial charge >= 0.3 is 11.9 Å². The summed E-state index contributed by atoms with van der Waals surface area (Å²) in [4.78, 5) is 24.6. The average Bonchev–Trinajstić information content (AvgIpc) is 2.81. The van der Waals surface area contributed by atoms with E-state index in [1.54, 1.807) is 0 Å². The van der Waals surface area contributed by atoms with Gasteiger partial charge in [-0.3, -0.25) is 9.59 Å². The maximum atomic E-state index is 12.8. The van der Waals surface area contributed by atoms with Crippen molar-refractivity contribution in [1.29, 1.82) is 0 Å². The zero-order valence-corrected chi connectivity index (χ0v) is 17.3. The lowest BCUT2D eigenvalue weighted by atomic mass is 9.40. The van der Waals surface area contributed by atoms with Gasteiger partial charge in [-0.15, -0.1) is 0 Å². The molecule has 4 rings (SSSR count). The summed E-state index contributed by atoms with van der Waals surface area (Å²) in [5, 5.41) is 0. The molecule has 0 N–H and O–H groups in total. The Bertz CT molecular complexity index is 684. The minimum Gasteiger partial charge on any atom is -0.469 e. The Morgan fingerprint density at radius 1 is 1.07 bits per heavy atom. The molecule has 7 unspecified atom stereocenters. The van der Waals surface area contributed by atoms with Crippen molar-refractivity contribution in [3.8, 4) is 0 Å². The van der Waals surface area contributed by atoms with Crippen molar-refractivity contribution in [2.45, 2.75) is 78.2 Å². The topological polar surface area (TPSA) is 52.6 Å². The smallest absolute Gasteiger partial charge is 0.311 e. The highest BCUT2D eigenvalue weighted by Gasteiger charge is 2.68. The number of esters is 2. The summed E-state index contributed by atoms with van der Waals surface area (Å²) < 4.78 is 11.2. The molecule has 0 radical (unpaired) electrons. The van der Waals surface area contributed by atoms with Crippen LogP contribution >= 0.6 is 0 Å². The van der Waals surface area contributed by atoms with Crippen LogP contribution in [-0.2, 0) is 19.1 Å². The van der Waals surface area contributed by atoms with E-state index in [1.807, 2.05) is 0 Å². The van der Waals surface area contributed by atoms with Gasteiger partial charge in [0.25, 0.3) is 0 Å². The summed E-state index contributed by atoms with van der Waals surface area (Å²) in [5.41, 5.74) is 0.854. The van der Waals surface area contributed by atoms with Crippen LogP contribution in [0, 0.1) is 34.0 Å². The van der Waals surface area contributed by atoms with Crippen LogP contribution in [0.4, 0.5) is 0 Å². The van der Waals surface area contributed by atoms with E-state index < -0.39 is 5.41 Å². The molecule has 1 spiro atoms. The SMILES string of the molecule is C=C1C2CCC3C4(C)CCCC(C)(C(=O)OC)C4CCC3(C2)C1OC(C)=O. The fraction of sp³-hybridized carbons (Fsp3) is 0.826. The maximum Gasteiger partial charge on any atom is 0.311 e. The number of fused-ring (bicyclic) bond motifs is 3. The quantitative estimate of drug-likeness (QED) is 0.521. The standard InChI is InChI=1S/C23H34O4/c1-14-16-7-8-18-21(3)10-6-11-22(4,20(25)26-5)17(21)9-12-23(18,13-16)19(14)27-15(2)24/h16-19H,1,6-13H2,2-5H3. The first kappa shape index (κ1) is 19.0. The number of ether oxygens (including phenoxy) is 2. The summed E-state index contributed by atoms with van der Waals surface area (Å²) in [6.45, 7) is 10.4. The van der Waals surface area contributed by atoms with E-state index >= 15 is 0 Å². The van der Waals surface area contributed by atoms with Gasteiger partial charge in [0.05, 0.1) is 12.5 Å². The number of hydrogen-bond donors (Lipinski definition) is 0. The van der Waals surface area contributed by atoms with Gasteiger partial charge in [0.15, 0.2) is 0 Å². The molecule has 0 aromatic heterocycles. The number of carbonyl (C=O) groups excluding carboxylic acids is 2. The lowest BCUT2D eigenvalue weighted by Gasteiger charge is -2.64. The second-order valence-corrected chi connectivity index (χ2v) is 10.2. The molecule has 4 fully saturated rings. The molecule has 4 aliphatic carbocycles. The van der Waals surface area contributed by atoms with Crippen molar-refractivity contribution < 1.29 is 19.1 Å². The van der Waals surface area contributed by atoms with Crippen molar-refractivity contribution in [1.82, 2.24) is 0 Å². The van der Waals surface area contributed by atoms with E-state index in [4.69, 9.17) is 9.47 Å². The number of hydrogen-bond acceptors (Lipinski definition) is 4. The van der Waals surface area contributed by atoms with Crippen LogP contribution in [0.5, 0.6) is 0 Å². The Balaban J connectivity index is 1.75. The fourth-order valence-corrected chi connectivity index (χ4v) is 8.17. The lowest BCUT2D eigenvalue weighted by Crippen LogP contribution is -2.60. The van der Waals surface area contributed by atoms with Crippen molar-refractivity contribution in [2.24, 2.45) is 34.0 Å². The highest BCUT2D eigenvalue weighted by Crippen LogP contribution is 2.72. The van der Waals surface area contributed by atoms with Crippen LogP contribution in [-0.4, -0.2) is 25.2 Å². The van der Waals surface area contributed by atoms with Gasteiger partial charge in [0.2, 0.25) is 0 Å². The summed E-state index contributed by atoms with van der Waals surface area (Å²) in [7, 11) is 1.52. The Labute approximate surface area is 163 Å². The minimum absolute atomic E-state index is 0.0191. The lowest BCUT2D eigenvalue weighted by molar-refractivity contribution is -0.197. The first-order valence-electron chi connectivity index (χ1n) is 10.6. The molecule has 0 amide bonds. The van der Waals surface area contributed by atoms with E-state index in [2.05, 4.69) is 20.4 Å². The third kappa shape index (κ3) is 2.40. The first-order valence-corrected chi connectivity index (χ1v) is 10.6. The van der Waals surface area contributed by atoms with Crippen LogP contribution in [0.2, 0.25) is 0 Å². The van der Waals surface area contributed by atoms with Gasteiger partial charge in [-0.25, -0.2) is 0 Å². The van der Waals surface area contributed by atoms with E-state index in [0.29, 0.717) is 17.8 Å². The summed E-state index contributed by atoms with van der Waals surface area (Å²) in [6, 6.07) is 0. The Kier molecular flexibility index (Phi) is 4.29. The molecular formula is C23H34O4. The molecule has 4 saturated carbocycles. The van der Waals surface area contributed by atoms with Crippen molar-refractivity contribution in [2.75, 3.05) is 7.11 Å². The van der Waals surface area contributed by atoms with Crippen LogP contribution in [0.25, 0.3) is 0 Å². The third-order valence-corrected chi connectivity index (χ3v) is 9.11. The van der Waals surface area contributed by atoms with Gasteiger partial charge in [0, 0.05) is 12.3 Å². The van der Waals surface area contributed by atoms with Crippen molar-refractivity contribution in [3.05, 3.63) is 12.2 Å². The van der Waals surface area contributed by atoms with E-state index in [1.165, 1.54) is 14.0 Å². The number of methoxy groups -OCH3 is 1. The molecule has 0 aromatic rings. The summed E-state index contributed by atoms with van der Waals surface area (Å²) >= 11 is 0. The second-order valence-electron chi connectivity index (χ2n) is 10.2. The molecule has 4 aliphatic rings. The zero-order valence-electron chi connectivity index (χ0n) is 17.3. The molecule has 2 bridgehead atoms. The highest BCUT2D eigenvalue weighted by atomic mass is 16.5. The van der Waals surface area contributed by atoms with Crippen LogP contribution in [0.15, 0.2) is 12.2 Å². The van der Waals surface area contributed by atoms with Crippen LogP contribution in [0.3, 0.4) is 0 Å². The van der Waals surface area contributed by atoms with Crippen molar-refractivity contribution >= 4 is 11.9 Å². The Morgan fingerprint density at radius 3 is 2.48 bits per heavy atom. The predicted octanol–water partition coefficient (Wildman–Crippen LogP) is 4.67. The molecule has 7 atom stereocenters.